The molecule has 2 rings (SSSR count). The summed E-state index contributed by atoms with van der Waals surface area (Å²) in [6, 6.07) is 8.11. The Balaban J connectivity index is 1.92. The van der Waals surface area contributed by atoms with Crippen LogP contribution in [0.2, 0.25) is 0 Å². The molecule has 0 atom stereocenters. The Hall–Kier alpha value is -1.13. The van der Waals surface area contributed by atoms with Gasteiger partial charge < -0.3 is 4.90 Å². The fraction of sp³-hybridized carbons (Fsp3) is 0.250. The van der Waals surface area contributed by atoms with Crippen LogP contribution in [0.1, 0.15) is 14.5 Å². The third-order valence-electron chi connectivity index (χ3n) is 2.38. The lowest BCUT2D eigenvalue weighted by Crippen LogP contribution is -2.18. The average Bonchev–Trinajstić information content (AvgIpc) is 2.96. The number of thiophene rings is 2. The van der Waals surface area contributed by atoms with Gasteiger partial charge in [-0.2, -0.15) is 0 Å². The van der Waals surface area contributed by atoms with Crippen molar-refractivity contribution in [2.75, 3.05) is 18.5 Å². The van der Waals surface area contributed by atoms with E-state index in [0.717, 1.165) is 29.1 Å². The smallest absolute Gasteiger partial charge is 0.160 e. The SMILES string of the molecule is CN(CCc1cccs1)c1ccc(C=O)s1. The molecule has 0 fully saturated rings. The molecule has 2 nitrogen and oxygen atoms in total. The van der Waals surface area contributed by atoms with E-state index >= 15 is 0 Å². The molecular weight excluding hydrogens is 238 g/mol. The molecule has 16 heavy (non-hydrogen) atoms. The standard InChI is InChI=1S/C12H13NOS2/c1-13(7-6-10-3-2-8-15-10)12-5-4-11(9-14)16-12/h2-5,8-9H,6-7H2,1H3. The van der Waals surface area contributed by atoms with Crippen molar-refractivity contribution in [1.29, 1.82) is 0 Å². The number of nitrogens with zero attached hydrogens (tertiary/aromatic N) is 1. The van der Waals surface area contributed by atoms with E-state index in [4.69, 9.17) is 0 Å². The quantitative estimate of drug-likeness (QED) is 0.760. The molecule has 84 valence electrons. The normalized spacial score (nSPS) is 10.3. The Morgan fingerprint density at radius 1 is 1.38 bits per heavy atom. The molecule has 2 aromatic rings. The minimum atomic E-state index is 0.790. The van der Waals surface area contributed by atoms with E-state index in [0.29, 0.717) is 0 Å². The summed E-state index contributed by atoms with van der Waals surface area (Å²) in [5.74, 6) is 0. The van der Waals surface area contributed by atoms with Crippen molar-refractivity contribution in [3.63, 3.8) is 0 Å². The third-order valence-corrected chi connectivity index (χ3v) is 4.44. The molecule has 0 unspecified atom stereocenters. The van der Waals surface area contributed by atoms with Gasteiger partial charge in [0.05, 0.1) is 9.88 Å². The van der Waals surface area contributed by atoms with Crippen LogP contribution in [0, 0.1) is 0 Å². The van der Waals surface area contributed by atoms with Crippen LogP contribution in [-0.2, 0) is 6.42 Å². The summed E-state index contributed by atoms with van der Waals surface area (Å²) in [6.45, 7) is 0.985. The highest BCUT2D eigenvalue weighted by Gasteiger charge is 2.05. The zero-order chi connectivity index (χ0) is 11.4. The molecule has 0 saturated carbocycles. The lowest BCUT2D eigenvalue weighted by molar-refractivity contribution is 0.112. The average molecular weight is 251 g/mol. The van der Waals surface area contributed by atoms with Gasteiger partial charge in [-0.3, -0.25) is 4.79 Å². The van der Waals surface area contributed by atoms with Crippen molar-refractivity contribution in [3.05, 3.63) is 39.4 Å². The Morgan fingerprint density at radius 2 is 2.25 bits per heavy atom. The maximum absolute atomic E-state index is 10.6. The Morgan fingerprint density at radius 3 is 2.88 bits per heavy atom. The number of carbonyl (C=O) groups is 1. The van der Waals surface area contributed by atoms with Gasteiger partial charge in [0.1, 0.15) is 0 Å². The summed E-state index contributed by atoms with van der Waals surface area (Å²) < 4.78 is 0. The number of carbonyl (C=O) groups excluding carboxylic acids is 1. The Kier molecular flexibility index (Phi) is 3.74. The van der Waals surface area contributed by atoms with Crippen LogP contribution in [0.15, 0.2) is 29.6 Å². The highest BCUT2D eigenvalue weighted by atomic mass is 32.1. The minimum Gasteiger partial charge on any atom is -0.366 e. The molecule has 0 aromatic carbocycles. The van der Waals surface area contributed by atoms with Crippen molar-refractivity contribution in [2.45, 2.75) is 6.42 Å². The summed E-state index contributed by atoms with van der Waals surface area (Å²) >= 11 is 3.33. The largest absolute Gasteiger partial charge is 0.366 e. The van der Waals surface area contributed by atoms with Gasteiger partial charge in [-0.15, -0.1) is 22.7 Å². The second-order valence-electron chi connectivity index (χ2n) is 3.54. The summed E-state index contributed by atoms with van der Waals surface area (Å²) in [5, 5.41) is 3.25. The fourth-order valence-electron chi connectivity index (χ4n) is 1.45. The molecule has 0 spiro atoms. The number of likely N-dealkylation sites (N-methyl/N-ethyl adjacent to an activating group) is 1. The van der Waals surface area contributed by atoms with Crippen molar-refractivity contribution >= 4 is 34.0 Å². The van der Waals surface area contributed by atoms with E-state index in [1.54, 1.807) is 11.3 Å². The van der Waals surface area contributed by atoms with E-state index in [1.165, 1.54) is 16.2 Å². The molecule has 0 amide bonds. The molecule has 0 aliphatic rings. The molecule has 0 aliphatic carbocycles. The highest BCUT2D eigenvalue weighted by Crippen LogP contribution is 2.24. The minimum absolute atomic E-state index is 0.790. The molecule has 2 aromatic heterocycles. The van der Waals surface area contributed by atoms with Gasteiger partial charge >= 0.3 is 0 Å². The number of rotatable bonds is 5. The van der Waals surface area contributed by atoms with Crippen molar-refractivity contribution in [3.8, 4) is 0 Å². The molecule has 0 N–H and O–H groups in total. The van der Waals surface area contributed by atoms with Crippen LogP contribution in [0.5, 0.6) is 0 Å². The van der Waals surface area contributed by atoms with Crippen LogP contribution in [0.3, 0.4) is 0 Å². The number of hydrogen-bond acceptors (Lipinski definition) is 4. The molecule has 4 heteroatoms. The van der Waals surface area contributed by atoms with Crippen LogP contribution in [0.25, 0.3) is 0 Å². The predicted molar refractivity (Wildman–Crippen MR) is 71.0 cm³/mol. The summed E-state index contributed by atoms with van der Waals surface area (Å²) in [7, 11) is 2.06. The molecule has 2 heterocycles. The van der Waals surface area contributed by atoms with E-state index in [1.807, 2.05) is 12.1 Å². The van der Waals surface area contributed by atoms with Crippen molar-refractivity contribution < 1.29 is 4.79 Å². The first-order valence-electron chi connectivity index (χ1n) is 5.08. The lowest BCUT2D eigenvalue weighted by Gasteiger charge is -2.15. The summed E-state index contributed by atoms with van der Waals surface area (Å²) in [4.78, 5) is 15.0. The molecular formula is C12H13NOS2. The topological polar surface area (TPSA) is 20.3 Å². The monoisotopic (exact) mass is 251 g/mol. The van der Waals surface area contributed by atoms with Gasteiger partial charge in [-0.25, -0.2) is 0 Å². The molecule has 0 aliphatic heterocycles. The first-order valence-corrected chi connectivity index (χ1v) is 6.78. The van der Waals surface area contributed by atoms with Crippen LogP contribution in [0.4, 0.5) is 5.00 Å². The Bertz CT molecular complexity index is 447. The maximum Gasteiger partial charge on any atom is 0.160 e. The van der Waals surface area contributed by atoms with Crippen LogP contribution >= 0.6 is 22.7 Å². The van der Waals surface area contributed by atoms with Crippen molar-refractivity contribution in [2.24, 2.45) is 0 Å². The maximum atomic E-state index is 10.6. The van der Waals surface area contributed by atoms with Crippen LogP contribution < -0.4 is 4.90 Å². The van der Waals surface area contributed by atoms with Gasteiger partial charge in [0.2, 0.25) is 0 Å². The number of anilines is 1. The third kappa shape index (κ3) is 2.71. The summed E-state index contributed by atoms with van der Waals surface area (Å²) in [5.41, 5.74) is 0. The van der Waals surface area contributed by atoms with E-state index in [9.17, 15) is 4.79 Å². The van der Waals surface area contributed by atoms with E-state index in [-0.39, 0.29) is 0 Å². The van der Waals surface area contributed by atoms with Crippen molar-refractivity contribution in [1.82, 2.24) is 0 Å². The first-order chi connectivity index (χ1) is 7.79. The number of hydrogen-bond donors (Lipinski definition) is 0. The van der Waals surface area contributed by atoms with E-state index < -0.39 is 0 Å². The lowest BCUT2D eigenvalue weighted by atomic mass is 10.3. The zero-order valence-electron chi connectivity index (χ0n) is 9.05. The van der Waals surface area contributed by atoms with Crippen LogP contribution in [-0.4, -0.2) is 19.9 Å². The van der Waals surface area contributed by atoms with Gasteiger partial charge in [-0.05, 0) is 30.0 Å². The first kappa shape index (κ1) is 11.4. The summed E-state index contributed by atoms with van der Waals surface area (Å²) in [6.07, 6.45) is 1.96. The fourth-order valence-corrected chi connectivity index (χ4v) is 2.96. The van der Waals surface area contributed by atoms with Gasteiger partial charge in [-0.1, -0.05) is 6.07 Å². The molecule has 0 bridgehead atoms. The predicted octanol–water partition coefficient (Wildman–Crippen LogP) is 3.30. The molecule has 0 saturated heterocycles. The van der Waals surface area contributed by atoms with E-state index in [2.05, 4.69) is 29.5 Å². The zero-order valence-corrected chi connectivity index (χ0v) is 10.7. The second kappa shape index (κ2) is 5.27. The highest BCUT2D eigenvalue weighted by molar-refractivity contribution is 7.17. The van der Waals surface area contributed by atoms with Gasteiger partial charge in [0.15, 0.2) is 6.29 Å². The van der Waals surface area contributed by atoms with Gasteiger partial charge in [0, 0.05) is 18.5 Å². The van der Waals surface area contributed by atoms with Gasteiger partial charge in [0.25, 0.3) is 0 Å². The number of aldehydes is 1. The second-order valence-corrected chi connectivity index (χ2v) is 5.67. The molecule has 0 radical (unpaired) electrons. The Labute approximate surface area is 103 Å².